The standard InChI is InChI=1S/C12H21NO3/c1-6-8(3)11-10(7-2)16-12(11,14-5)15-9(4)13-11/h8,10H,6-7H2,1-5H3/t8?,10-,11?,12+/m1/s1. The van der Waals surface area contributed by atoms with E-state index in [2.05, 4.69) is 20.8 Å². The predicted octanol–water partition coefficient (Wildman–Crippen LogP) is 2.33. The second kappa shape index (κ2) is 3.70. The second-order valence-corrected chi connectivity index (χ2v) is 4.64. The number of hydrogen-bond donors (Lipinski definition) is 0. The van der Waals surface area contributed by atoms with Crippen LogP contribution in [0.1, 0.15) is 40.5 Å². The summed E-state index contributed by atoms with van der Waals surface area (Å²) in [4.78, 5) is 4.70. The van der Waals surface area contributed by atoms with Gasteiger partial charge < -0.3 is 14.2 Å². The van der Waals surface area contributed by atoms with E-state index in [1.165, 1.54) is 0 Å². The van der Waals surface area contributed by atoms with Crippen LogP contribution in [-0.4, -0.2) is 30.6 Å². The molecule has 0 aliphatic carbocycles. The third kappa shape index (κ3) is 1.14. The van der Waals surface area contributed by atoms with Gasteiger partial charge in [-0.15, -0.1) is 0 Å². The Morgan fingerprint density at radius 3 is 2.69 bits per heavy atom. The Labute approximate surface area is 97.0 Å². The SMILES string of the molecule is CCC(C)C12N=C(C)O[C@]1(OC)O[C@@H]2CC. The summed E-state index contributed by atoms with van der Waals surface area (Å²) in [5.41, 5.74) is -0.352. The van der Waals surface area contributed by atoms with Crippen molar-refractivity contribution in [3.63, 3.8) is 0 Å². The molecule has 0 aromatic rings. The molecule has 4 atom stereocenters. The van der Waals surface area contributed by atoms with Gasteiger partial charge in [0.2, 0.25) is 0 Å². The lowest BCUT2D eigenvalue weighted by molar-refractivity contribution is -0.468. The molecule has 2 rings (SSSR count). The van der Waals surface area contributed by atoms with Crippen molar-refractivity contribution < 1.29 is 14.2 Å². The minimum atomic E-state index is -0.965. The van der Waals surface area contributed by atoms with Crippen LogP contribution in [-0.2, 0) is 14.2 Å². The summed E-state index contributed by atoms with van der Waals surface area (Å²) in [6.45, 7) is 8.31. The lowest BCUT2D eigenvalue weighted by Gasteiger charge is -2.56. The highest BCUT2D eigenvalue weighted by molar-refractivity contribution is 5.77. The zero-order valence-electron chi connectivity index (χ0n) is 10.7. The summed E-state index contributed by atoms with van der Waals surface area (Å²) in [5.74, 6) is 0.0781. The molecule has 0 amide bonds. The van der Waals surface area contributed by atoms with Crippen LogP contribution in [0.2, 0.25) is 0 Å². The van der Waals surface area contributed by atoms with E-state index in [1.807, 2.05) is 6.92 Å². The average Bonchev–Trinajstić information content (AvgIpc) is 2.50. The Hall–Kier alpha value is -0.610. The van der Waals surface area contributed by atoms with E-state index < -0.39 is 5.97 Å². The van der Waals surface area contributed by atoms with E-state index in [4.69, 9.17) is 19.2 Å². The molecule has 0 N–H and O–H groups in total. The molecule has 92 valence electrons. The fourth-order valence-corrected chi connectivity index (χ4v) is 2.92. The van der Waals surface area contributed by atoms with Gasteiger partial charge >= 0.3 is 5.97 Å². The molecule has 0 bridgehead atoms. The maximum absolute atomic E-state index is 5.79. The first-order valence-corrected chi connectivity index (χ1v) is 6.04. The van der Waals surface area contributed by atoms with E-state index >= 15 is 0 Å². The molecular weight excluding hydrogens is 206 g/mol. The Morgan fingerprint density at radius 1 is 1.50 bits per heavy atom. The van der Waals surface area contributed by atoms with Crippen molar-refractivity contribution in [2.75, 3.05) is 7.11 Å². The summed E-state index contributed by atoms with van der Waals surface area (Å²) < 4.78 is 16.9. The average molecular weight is 227 g/mol. The minimum absolute atomic E-state index is 0.0971. The highest BCUT2D eigenvalue weighted by Crippen LogP contribution is 2.56. The molecule has 2 aliphatic heterocycles. The van der Waals surface area contributed by atoms with Gasteiger partial charge in [-0.05, 0) is 12.3 Å². The number of nitrogens with zero attached hydrogens (tertiary/aromatic N) is 1. The smallest absolute Gasteiger partial charge is 0.357 e. The third-order valence-electron chi connectivity index (χ3n) is 3.91. The Morgan fingerprint density at radius 2 is 2.19 bits per heavy atom. The highest BCUT2D eigenvalue weighted by Gasteiger charge is 2.76. The molecule has 16 heavy (non-hydrogen) atoms. The number of rotatable bonds is 4. The number of ether oxygens (including phenoxy) is 3. The first kappa shape index (κ1) is 11.9. The number of hydrogen-bond acceptors (Lipinski definition) is 4. The minimum Gasteiger partial charge on any atom is -0.424 e. The van der Waals surface area contributed by atoms with Gasteiger partial charge in [0.05, 0.1) is 6.10 Å². The van der Waals surface area contributed by atoms with Crippen molar-refractivity contribution in [1.82, 2.24) is 0 Å². The number of fused-ring (bicyclic) bond motifs is 1. The van der Waals surface area contributed by atoms with Crippen molar-refractivity contribution in [3.05, 3.63) is 0 Å². The number of methoxy groups -OCH3 is 1. The molecule has 1 saturated heterocycles. The van der Waals surface area contributed by atoms with Crippen molar-refractivity contribution >= 4 is 5.90 Å². The lowest BCUT2D eigenvalue weighted by Crippen LogP contribution is -2.75. The Kier molecular flexibility index (Phi) is 2.75. The molecule has 0 aromatic heterocycles. The van der Waals surface area contributed by atoms with Crippen molar-refractivity contribution in [3.8, 4) is 0 Å². The molecule has 0 spiro atoms. The Bertz CT molecular complexity index is 309. The first-order valence-electron chi connectivity index (χ1n) is 6.04. The maximum Gasteiger partial charge on any atom is 0.357 e. The van der Waals surface area contributed by atoms with Gasteiger partial charge in [0.15, 0.2) is 11.4 Å². The summed E-state index contributed by atoms with van der Waals surface area (Å²) in [6, 6.07) is 0. The van der Waals surface area contributed by atoms with Crippen molar-refractivity contribution in [1.29, 1.82) is 0 Å². The largest absolute Gasteiger partial charge is 0.424 e. The topological polar surface area (TPSA) is 40.0 Å². The van der Waals surface area contributed by atoms with Gasteiger partial charge in [-0.1, -0.05) is 27.2 Å². The third-order valence-corrected chi connectivity index (χ3v) is 3.91. The van der Waals surface area contributed by atoms with E-state index in [-0.39, 0.29) is 11.6 Å². The normalized spacial score (nSPS) is 43.1. The van der Waals surface area contributed by atoms with Crippen LogP contribution in [0.25, 0.3) is 0 Å². The van der Waals surface area contributed by atoms with Crippen LogP contribution >= 0.6 is 0 Å². The maximum atomic E-state index is 5.79. The Balaban J connectivity index is 2.40. The van der Waals surface area contributed by atoms with Gasteiger partial charge in [0.25, 0.3) is 0 Å². The fourth-order valence-electron chi connectivity index (χ4n) is 2.92. The van der Waals surface area contributed by atoms with E-state index in [9.17, 15) is 0 Å². The molecule has 1 fully saturated rings. The van der Waals surface area contributed by atoms with E-state index in [1.54, 1.807) is 7.11 Å². The molecule has 2 aliphatic rings. The second-order valence-electron chi connectivity index (χ2n) is 4.64. The zero-order valence-corrected chi connectivity index (χ0v) is 10.7. The molecule has 2 heterocycles. The van der Waals surface area contributed by atoms with Gasteiger partial charge in [-0.3, -0.25) is 0 Å². The predicted molar refractivity (Wildman–Crippen MR) is 61.3 cm³/mol. The van der Waals surface area contributed by atoms with Gasteiger partial charge in [-0.2, -0.15) is 0 Å². The molecule has 4 heteroatoms. The van der Waals surface area contributed by atoms with E-state index in [0.717, 1.165) is 12.8 Å². The van der Waals surface area contributed by atoms with Gasteiger partial charge in [0.1, 0.15) is 0 Å². The molecule has 0 saturated carbocycles. The summed E-state index contributed by atoms with van der Waals surface area (Å²) in [7, 11) is 1.62. The molecular formula is C12H21NO3. The summed E-state index contributed by atoms with van der Waals surface area (Å²) in [6.07, 6.45) is 2.06. The zero-order chi connectivity index (χ0) is 12.0. The molecule has 4 nitrogen and oxygen atoms in total. The highest BCUT2D eigenvalue weighted by atomic mass is 16.9. The molecule has 0 radical (unpaired) electrons. The van der Waals surface area contributed by atoms with Crippen LogP contribution < -0.4 is 0 Å². The van der Waals surface area contributed by atoms with Crippen LogP contribution in [0.4, 0.5) is 0 Å². The summed E-state index contributed by atoms with van der Waals surface area (Å²) in [5, 5.41) is 0. The van der Waals surface area contributed by atoms with Crippen LogP contribution in [0.15, 0.2) is 4.99 Å². The van der Waals surface area contributed by atoms with E-state index in [0.29, 0.717) is 11.8 Å². The monoisotopic (exact) mass is 227 g/mol. The quantitative estimate of drug-likeness (QED) is 0.740. The van der Waals surface area contributed by atoms with Crippen molar-refractivity contribution in [2.45, 2.75) is 58.2 Å². The number of aliphatic imine (C=N–C) groups is 1. The van der Waals surface area contributed by atoms with Crippen LogP contribution in [0.5, 0.6) is 0 Å². The lowest BCUT2D eigenvalue weighted by atomic mass is 9.72. The van der Waals surface area contributed by atoms with Gasteiger partial charge in [0, 0.05) is 14.0 Å². The van der Waals surface area contributed by atoms with Crippen LogP contribution in [0, 0.1) is 5.92 Å². The van der Waals surface area contributed by atoms with Crippen LogP contribution in [0.3, 0.4) is 0 Å². The molecule has 2 unspecified atom stereocenters. The van der Waals surface area contributed by atoms with Crippen molar-refractivity contribution in [2.24, 2.45) is 10.9 Å². The van der Waals surface area contributed by atoms with Gasteiger partial charge in [-0.25, -0.2) is 4.99 Å². The summed E-state index contributed by atoms with van der Waals surface area (Å²) >= 11 is 0. The molecule has 0 aromatic carbocycles. The fraction of sp³-hybridized carbons (Fsp3) is 0.917. The first-order chi connectivity index (χ1) is 7.56.